The molecule has 13 heavy (non-hydrogen) atoms. The maximum atomic E-state index is 5.12. The van der Waals surface area contributed by atoms with Gasteiger partial charge >= 0.3 is 0 Å². The highest BCUT2D eigenvalue weighted by molar-refractivity contribution is 5.98. The van der Waals surface area contributed by atoms with Gasteiger partial charge in [0.25, 0.3) is 8.05 Å². The molecule has 0 aliphatic rings. The van der Waals surface area contributed by atoms with Gasteiger partial charge in [0.2, 0.25) is 0 Å². The molecule has 1 aromatic carbocycles. The van der Waals surface area contributed by atoms with Crippen LogP contribution in [0.3, 0.4) is 0 Å². The third-order valence-electron chi connectivity index (χ3n) is 1.71. The van der Waals surface area contributed by atoms with Crippen molar-refractivity contribution in [2.24, 2.45) is 0 Å². The van der Waals surface area contributed by atoms with Crippen LogP contribution in [0, 0.1) is 0 Å². The molecule has 2 radical (unpaired) electrons. The topological polar surface area (TPSA) is 9.23 Å². The summed E-state index contributed by atoms with van der Waals surface area (Å²) in [5.74, 6) is 0. The lowest BCUT2D eigenvalue weighted by atomic mass is 10.1. The Morgan fingerprint density at radius 1 is 1.23 bits per heavy atom. The second kappa shape index (κ2) is 7.87. The van der Waals surface area contributed by atoms with Crippen LogP contribution in [0.2, 0.25) is 0 Å². The standard InChI is InChI=1S/C9H11BO.C2H6/c1-2-9(11-10)8-6-4-3-5-7-8;1-2/h3-7,9H,2H2,1H3;1-2H3. The molecule has 0 aliphatic carbocycles. The first-order valence-corrected chi connectivity index (χ1v) is 4.79. The van der Waals surface area contributed by atoms with E-state index in [9.17, 15) is 0 Å². The minimum absolute atomic E-state index is 0.0381. The summed E-state index contributed by atoms with van der Waals surface area (Å²) in [4.78, 5) is 0. The van der Waals surface area contributed by atoms with E-state index in [1.807, 2.05) is 51.1 Å². The third kappa shape index (κ3) is 4.14. The fourth-order valence-electron chi connectivity index (χ4n) is 1.08. The molecule has 1 aromatic rings. The molecule has 0 aromatic heterocycles. The van der Waals surface area contributed by atoms with E-state index >= 15 is 0 Å². The van der Waals surface area contributed by atoms with Crippen molar-refractivity contribution in [3.63, 3.8) is 0 Å². The molecule has 1 nitrogen and oxygen atoms in total. The Labute approximate surface area is 82.6 Å². The van der Waals surface area contributed by atoms with Crippen LogP contribution in [0.4, 0.5) is 0 Å². The van der Waals surface area contributed by atoms with Crippen LogP contribution < -0.4 is 0 Å². The van der Waals surface area contributed by atoms with E-state index < -0.39 is 0 Å². The smallest absolute Gasteiger partial charge is 0.283 e. The van der Waals surface area contributed by atoms with Crippen molar-refractivity contribution in [1.29, 1.82) is 0 Å². The molecule has 1 atom stereocenters. The van der Waals surface area contributed by atoms with Crippen molar-refractivity contribution in [2.75, 3.05) is 0 Å². The molecule has 0 heterocycles. The molecule has 1 unspecified atom stereocenters. The van der Waals surface area contributed by atoms with Gasteiger partial charge in [-0.15, -0.1) is 0 Å². The van der Waals surface area contributed by atoms with Crippen molar-refractivity contribution in [1.82, 2.24) is 0 Å². The van der Waals surface area contributed by atoms with Gasteiger partial charge in [0.1, 0.15) is 0 Å². The predicted octanol–water partition coefficient (Wildman–Crippen LogP) is 3.26. The predicted molar refractivity (Wildman–Crippen MR) is 57.7 cm³/mol. The van der Waals surface area contributed by atoms with Crippen molar-refractivity contribution in [3.8, 4) is 0 Å². The van der Waals surface area contributed by atoms with E-state index in [1.54, 1.807) is 0 Å². The zero-order valence-corrected chi connectivity index (χ0v) is 8.66. The average molecular weight is 176 g/mol. The van der Waals surface area contributed by atoms with Gasteiger partial charge in [0.05, 0.1) is 6.10 Å². The zero-order valence-electron chi connectivity index (χ0n) is 8.66. The number of hydrogen-bond donors (Lipinski definition) is 0. The summed E-state index contributed by atoms with van der Waals surface area (Å²) in [5.41, 5.74) is 1.14. The Balaban J connectivity index is 0.000000671. The second-order valence-electron chi connectivity index (χ2n) is 2.44. The molecule has 0 fully saturated rings. The van der Waals surface area contributed by atoms with Gasteiger partial charge in [-0.2, -0.15) is 0 Å². The molecule has 0 saturated heterocycles. The van der Waals surface area contributed by atoms with Gasteiger partial charge in [-0.3, -0.25) is 0 Å². The van der Waals surface area contributed by atoms with Crippen LogP contribution in [-0.4, -0.2) is 8.05 Å². The Bertz CT molecular complexity index is 195. The summed E-state index contributed by atoms with van der Waals surface area (Å²) in [6.45, 7) is 6.05. The largest absolute Gasteiger partial charge is 0.441 e. The third-order valence-corrected chi connectivity index (χ3v) is 1.71. The van der Waals surface area contributed by atoms with E-state index in [-0.39, 0.29) is 6.10 Å². The lowest BCUT2D eigenvalue weighted by molar-refractivity contribution is 0.222. The Kier molecular flexibility index (Phi) is 7.41. The van der Waals surface area contributed by atoms with Gasteiger partial charge in [0.15, 0.2) is 0 Å². The molecule has 0 aliphatic heterocycles. The van der Waals surface area contributed by atoms with E-state index in [2.05, 4.69) is 0 Å². The van der Waals surface area contributed by atoms with Gasteiger partial charge in [-0.25, -0.2) is 0 Å². The molecule has 0 amide bonds. The molecular formula is C11H17BO. The first-order valence-electron chi connectivity index (χ1n) is 4.79. The van der Waals surface area contributed by atoms with Gasteiger partial charge in [-0.05, 0) is 12.0 Å². The van der Waals surface area contributed by atoms with Gasteiger partial charge < -0.3 is 4.65 Å². The van der Waals surface area contributed by atoms with Crippen molar-refractivity contribution >= 4 is 8.05 Å². The van der Waals surface area contributed by atoms with Crippen molar-refractivity contribution < 1.29 is 4.65 Å². The summed E-state index contributed by atoms with van der Waals surface area (Å²) in [7, 11) is 5.12. The monoisotopic (exact) mass is 176 g/mol. The summed E-state index contributed by atoms with van der Waals surface area (Å²) in [6.07, 6.45) is 0.941. The minimum atomic E-state index is 0.0381. The van der Waals surface area contributed by atoms with Gasteiger partial charge in [-0.1, -0.05) is 51.1 Å². The van der Waals surface area contributed by atoms with Crippen LogP contribution in [0.5, 0.6) is 0 Å². The fraction of sp³-hybridized carbons (Fsp3) is 0.455. The summed E-state index contributed by atoms with van der Waals surface area (Å²) >= 11 is 0. The summed E-state index contributed by atoms with van der Waals surface area (Å²) in [6, 6.07) is 9.98. The zero-order chi connectivity index (χ0) is 10.1. The highest BCUT2D eigenvalue weighted by Crippen LogP contribution is 2.18. The minimum Gasteiger partial charge on any atom is -0.441 e. The highest BCUT2D eigenvalue weighted by Gasteiger charge is 2.04. The van der Waals surface area contributed by atoms with Gasteiger partial charge in [0, 0.05) is 0 Å². The van der Waals surface area contributed by atoms with Crippen molar-refractivity contribution in [3.05, 3.63) is 35.9 Å². The van der Waals surface area contributed by atoms with Crippen LogP contribution >= 0.6 is 0 Å². The molecule has 2 heteroatoms. The SMILES string of the molecule is CC.[B]OC(CC)c1ccccc1. The second-order valence-corrected chi connectivity index (χ2v) is 2.44. The first kappa shape index (κ1) is 12.2. The van der Waals surface area contributed by atoms with Crippen LogP contribution in [0.1, 0.15) is 38.9 Å². The highest BCUT2D eigenvalue weighted by atomic mass is 16.4. The summed E-state index contributed by atoms with van der Waals surface area (Å²) < 4.78 is 4.79. The maximum absolute atomic E-state index is 5.12. The van der Waals surface area contributed by atoms with Crippen LogP contribution in [0.15, 0.2) is 30.3 Å². The number of hydrogen-bond acceptors (Lipinski definition) is 1. The van der Waals surface area contributed by atoms with E-state index in [0.29, 0.717) is 0 Å². The molecule has 70 valence electrons. The summed E-state index contributed by atoms with van der Waals surface area (Å²) in [5, 5.41) is 0. The maximum Gasteiger partial charge on any atom is 0.283 e. The molecule has 1 rings (SSSR count). The fourth-order valence-corrected chi connectivity index (χ4v) is 1.08. The molecular weight excluding hydrogens is 159 g/mol. The van der Waals surface area contributed by atoms with Crippen molar-refractivity contribution in [2.45, 2.75) is 33.3 Å². The van der Waals surface area contributed by atoms with E-state index in [0.717, 1.165) is 12.0 Å². The molecule has 0 spiro atoms. The number of rotatable bonds is 3. The number of benzene rings is 1. The lowest BCUT2D eigenvalue weighted by Crippen LogP contribution is -1.99. The Morgan fingerprint density at radius 2 is 1.77 bits per heavy atom. The van der Waals surface area contributed by atoms with E-state index in [1.165, 1.54) is 0 Å². The first-order chi connectivity index (χ1) is 6.38. The average Bonchev–Trinajstić information content (AvgIpc) is 2.24. The molecule has 0 bridgehead atoms. The normalized spacial score (nSPS) is 11.3. The van der Waals surface area contributed by atoms with Crippen LogP contribution in [0.25, 0.3) is 0 Å². The van der Waals surface area contributed by atoms with Crippen LogP contribution in [-0.2, 0) is 4.65 Å². The Morgan fingerprint density at radius 3 is 2.15 bits per heavy atom. The Hall–Kier alpha value is -0.755. The quantitative estimate of drug-likeness (QED) is 0.642. The van der Waals surface area contributed by atoms with E-state index in [4.69, 9.17) is 12.7 Å². The molecule has 0 N–H and O–H groups in total. The lowest BCUT2D eigenvalue weighted by Gasteiger charge is -2.13. The molecule has 0 saturated carbocycles.